The van der Waals surface area contributed by atoms with Crippen LogP contribution in [0, 0.1) is 11.6 Å². The highest BCUT2D eigenvalue weighted by Crippen LogP contribution is 2.23. The molecule has 2 atom stereocenters. The number of halogens is 2. The van der Waals surface area contributed by atoms with E-state index >= 15 is 0 Å². The van der Waals surface area contributed by atoms with E-state index in [1.54, 1.807) is 19.2 Å². The van der Waals surface area contributed by atoms with Crippen molar-refractivity contribution < 1.29 is 18.9 Å². The van der Waals surface area contributed by atoms with Gasteiger partial charge in [-0.2, -0.15) is 0 Å². The van der Waals surface area contributed by atoms with Gasteiger partial charge in [0.15, 0.2) is 6.04 Å². The van der Waals surface area contributed by atoms with Gasteiger partial charge < -0.3 is 10.6 Å². The summed E-state index contributed by atoms with van der Waals surface area (Å²) in [4.78, 5) is 12.6. The molecule has 0 fully saturated rings. The normalized spacial score (nSPS) is 13.4. The molecule has 0 saturated carbocycles. The molecule has 0 unspecified atom stereocenters. The summed E-state index contributed by atoms with van der Waals surface area (Å²) in [6.07, 6.45) is 0. The molecule has 3 aromatic rings. The average molecular weight is 355 g/mol. The Labute approximate surface area is 151 Å². The third kappa shape index (κ3) is 3.89. The lowest BCUT2D eigenvalue weighted by molar-refractivity contribution is -0.710. The van der Waals surface area contributed by atoms with Gasteiger partial charge in [0.2, 0.25) is 0 Å². The molecule has 0 spiro atoms. The number of carbonyl (C=O) groups is 1. The Bertz CT molecular complexity index is 937. The maximum atomic E-state index is 13.9. The van der Waals surface area contributed by atoms with E-state index in [0.29, 0.717) is 5.56 Å². The summed E-state index contributed by atoms with van der Waals surface area (Å²) < 4.78 is 27.0. The molecule has 0 heterocycles. The number of carbonyl (C=O) groups excluding carboxylic acids is 1. The highest BCUT2D eigenvalue weighted by atomic mass is 19.1. The minimum absolute atomic E-state index is 0.171. The highest BCUT2D eigenvalue weighted by molar-refractivity contribution is 6.03. The van der Waals surface area contributed by atoms with Crippen molar-refractivity contribution in [3.8, 4) is 0 Å². The molecule has 5 heteroatoms. The molecule has 3 aromatic carbocycles. The van der Waals surface area contributed by atoms with Gasteiger partial charge in [0.1, 0.15) is 17.7 Å². The highest BCUT2D eigenvalue weighted by Gasteiger charge is 2.22. The summed E-state index contributed by atoms with van der Waals surface area (Å²) in [7, 11) is 0. The molecule has 0 saturated heterocycles. The fourth-order valence-corrected chi connectivity index (χ4v) is 3.08. The van der Waals surface area contributed by atoms with Gasteiger partial charge in [0.05, 0.1) is 0 Å². The number of anilines is 1. The van der Waals surface area contributed by atoms with E-state index in [1.165, 1.54) is 12.1 Å². The molecular weight excluding hydrogens is 334 g/mol. The minimum Gasteiger partial charge on any atom is -0.330 e. The Morgan fingerprint density at radius 3 is 2.50 bits per heavy atom. The van der Waals surface area contributed by atoms with Gasteiger partial charge >= 0.3 is 0 Å². The van der Waals surface area contributed by atoms with Crippen molar-refractivity contribution in [2.75, 3.05) is 5.32 Å². The largest absolute Gasteiger partial charge is 0.330 e. The fourth-order valence-electron chi connectivity index (χ4n) is 3.08. The fraction of sp³-hybridized carbons (Fsp3) is 0.190. The van der Waals surface area contributed by atoms with E-state index in [4.69, 9.17) is 0 Å². The van der Waals surface area contributed by atoms with E-state index in [1.807, 2.05) is 42.5 Å². The molecule has 26 heavy (non-hydrogen) atoms. The molecule has 1 amide bonds. The number of amides is 1. The van der Waals surface area contributed by atoms with Gasteiger partial charge in [-0.15, -0.1) is 0 Å². The van der Waals surface area contributed by atoms with Crippen molar-refractivity contribution in [1.82, 2.24) is 0 Å². The Kier molecular flexibility index (Phi) is 5.28. The van der Waals surface area contributed by atoms with Crippen molar-refractivity contribution in [2.45, 2.75) is 25.9 Å². The molecule has 0 aliphatic carbocycles. The zero-order valence-electron chi connectivity index (χ0n) is 14.7. The first-order valence-electron chi connectivity index (χ1n) is 8.54. The molecule has 0 aliphatic rings. The van der Waals surface area contributed by atoms with E-state index in [-0.39, 0.29) is 11.9 Å². The average Bonchev–Trinajstić information content (AvgIpc) is 2.61. The van der Waals surface area contributed by atoms with Crippen LogP contribution in [-0.2, 0) is 4.79 Å². The molecule has 3 N–H and O–H groups in total. The lowest BCUT2D eigenvalue weighted by Crippen LogP contribution is -2.91. The Balaban J connectivity index is 1.71. The zero-order valence-corrected chi connectivity index (χ0v) is 14.7. The standard InChI is InChI=1S/C21H20F2N2O/c1-13(17-11-10-16(22)12-19(17)23)24-14(2)21(26)25-20-9-5-7-15-6-3-4-8-18(15)20/h3-14,24H,1-2H3,(H,25,26)/p+1/t13-,14-/m0/s1. The second-order valence-electron chi connectivity index (χ2n) is 6.45. The second kappa shape index (κ2) is 7.62. The first-order valence-corrected chi connectivity index (χ1v) is 8.54. The molecule has 0 bridgehead atoms. The van der Waals surface area contributed by atoms with Gasteiger partial charge in [-0.1, -0.05) is 36.4 Å². The smallest absolute Gasteiger partial charge is 0.282 e. The van der Waals surface area contributed by atoms with Crippen LogP contribution in [0.2, 0.25) is 0 Å². The summed E-state index contributed by atoms with van der Waals surface area (Å²) >= 11 is 0. The summed E-state index contributed by atoms with van der Waals surface area (Å²) in [6, 6.07) is 16.3. The zero-order chi connectivity index (χ0) is 18.7. The monoisotopic (exact) mass is 355 g/mol. The van der Waals surface area contributed by atoms with Crippen molar-refractivity contribution >= 4 is 22.4 Å². The van der Waals surface area contributed by atoms with Crippen molar-refractivity contribution in [3.05, 3.63) is 77.9 Å². The number of rotatable bonds is 5. The number of quaternary nitrogens is 1. The van der Waals surface area contributed by atoms with E-state index in [2.05, 4.69) is 5.32 Å². The Morgan fingerprint density at radius 2 is 1.73 bits per heavy atom. The SMILES string of the molecule is C[C@H]([NH2+][C@@H](C)c1ccc(F)cc1F)C(=O)Nc1cccc2ccccc12. The van der Waals surface area contributed by atoms with Gasteiger partial charge in [0.25, 0.3) is 5.91 Å². The van der Waals surface area contributed by atoms with Crippen molar-refractivity contribution in [1.29, 1.82) is 0 Å². The number of hydrogen-bond acceptors (Lipinski definition) is 1. The summed E-state index contributed by atoms with van der Waals surface area (Å²) in [6.45, 7) is 3.55. The van der Waals surface area contributed by atoms with Gasteiger partial charge in [-0.3, -0.25) is 4.79 Å². The van der Waals surface area contributed by atoms with Crippen LogP contribution in [0.4, 0.5) is 14.5 Å². The first kappa shape index (κ1) is 18.0. The first-order chi connectivity index (χ1) is 12.5. The second-order valence-corrected chi connectivity index (χ2v) is 6.45. The molecule has 3 nitrogen and oxygen atoms in total. The third-order valence-electron chi connectivity index (χ3n) is 4.49. The van der Waals surface area contributed by atoms with Crippen LogP contribution in [0.1, 0.15) is 25.5 Å². The predicted octanol–water partition coefficient (Wildman–Crippen LogP) is 3.77. The van der Waals surface area contributed by atoms with Gasteiger partial charge in [0, 0.05) is 22.7 Å². The Morgan fingerprint density at radius 1 is 1.00 bits per heavy atom. The topological polar surface area (TPSA) is 45.7 Å². The van der Waals surface area contributed by atoms with Crippen molar-refractivity contribution in [3.63, 3.8) is 0 Å². The van der Waals surface area contributed by atoms with Crippen LogP contribution < -0.4 is 10.6 Å². The van der Waals surface area contributed by atoms with Gasteiger partial charge in [-0.25, -0.2) is 8.78 Å². The molecule has 0 radical (unpaired) electrons. The lowest BCUT2D eigenvalue weighted by atomic mass is 10.1. The maximum absolute atomic E-state index is 13.9. The van der Waals surface area contributed by atoms with Gasteiger partial charge in [-0.05, 0) is 37.4 Å². The molecule has 0 aromatic heterocycles. The van der Waals surface area contributed by atoms with E-state index < -0.39 is 17.7 Å². The molecule has 134 valence electrons. The number of hydrogen-bond donors (Lipinski definition) is 2. The molecule has 3 rings (SSSR count). The van der Waals surface area contributed by atoms with Crippen LogP contribution in [-0.4, -0.2) is 11.9 Å². The van der Waals surface area contributed by atoms with E-state index in [0.717, 1.165) is 22.5 Å². The van der Waals surface area contributed by atoms with Crippen LogP contribution >= 0.6 is 0 Å². The molecular formula is C21H21F2N2O+. The van der Waals surface area contributed by atoms with Crippen LogP contribution in [0.25, 0.3) is 10.8 Å². The number of nitrogens with two attached hydrogens (primary N) is 1. The number of fused-ring (bicyclic) bond motifs is 1. The predicted molar refractivity (Wildman–Crippen MR) is 98.7 cm³/mol. The summed E-state index contributed by atoms with van der Waals surface area (Å²) in [5.74, 6) is -1.38. The third-order valence-corrected chi connectivity index (χ3v) is 4.49. The van der Waals surface area contributed by atoms with Crippen LogP contribution in [0.5, 0.6) is 0 Å². The quantitative estimate of drug-likeness (QED) is 0.719. The van der Waals surface area contributed by atoms with E-state index in [9.17, 15) is 13.6 Å². The summed E-state index contributed by atoms with van der Waals surface area (Å²) in [5.41, 5.74) is 1.12. The lowest BCUT2D eigenvalue weighted by Gasteiger charge is -2.18. The maximum Gasteiger partial charge on any atom is 0.282 e. The number of nitrogens with one attached hydrogen (secondary N) is 1. The molecule has 0 aliphatic heterocycles. The minimum atomic E-state index is -0.611. The Hall–Kier alpha value is -2.79. The number of benzene rings is 3. The van der Waals surface area contributed by atoms with Crippen molar-refractivity contribution in [2.24, 2.45) is 0 Å². The summed E-state index contributed by atoms with van der Waals surface area (Å²) in [5, 5.41) is 6.71. The van der Waals surface area contributed by atoms with Crippen LogP contribution in [0.3, 0.4) is 0 Å². The van der Waals surface area contributed by atoms with Crippen LogP contribution in [0.15, 0.2) is 60.7 Å².